The smallest absolute Gasteiger partial charge is 0.0471 e. The molecule has 3 nitrogen and oxygen atoms in total. The summed E-state index contributed by atoms with van der Waals surface area (Å²) in [5.41, 5.74) is 8.57. The van der Waals surface area contributed by atoms with E-state index in [1.165, 1.54) is 24.0 Å². The summed E-state index contributed by atoms with van der Waals surface area (Å²) < 4.78 is 0. The van der Waals surface area contributed by atoms with Gasteiger partial charge in [-0.25, -0.2) is 0 Å². The van der Waals surface area contributed by atoms with Gasteiger partial charge in [0.15, 0.2) is 0 Å². The largest absolute Gasteiger partial charge is 0.396 e. The lowest BCUT2D eigenvalue weighted by Crippen LogP contribution is -2.39. The maximum Gasteiger partial charge on any atom is 0.0471 e. The Morgan fingerprint density at radius 3 is 2.37 bits per heavy atom. The van der Waals surface area contributed by atoms with Gasteiger partial charge in [-0.15, -0.1) is 0 Å². The minimum absolute atomic E-state index is 0.164. The molecule has 1 aromatic rings. The van der Waals surface area contributed by atoms with Gasteiger partial charge in [0, 0.05) is 25.2 Å². The zero-order valence-corrected chi connectivity index (χ0v) is 12.0. The van der Waals surface area contributed by atoms with Crippen LogP contribution in [0, 0.1) is 5.92 Å². The first kappa shape index (κ1) is 14.5. The second-order valence-corrected chi connectivity index (χ2v) is 5.84. The van der Waals surface area contributed by atoms with Crippen molar-refractivity contribution in [2.75, 3.05) is 13.2 Å². The SMILES string of the molecule is CC(CO)C(C)NC(CN)c1ccc(C2CC2)cc1. The second kappa shape index (κ2) is 6.51. The van der Waals surface area contributed by atoms with Crippen LogP contribution < -0.4 is 11.1 Å². The van der Waals surface area contributed by atoms with E-state index in [4.69, 9.17) is 5.73 Å². The molecule has 0 saturated heterocycles. The zero-order valence-electron chi connectivity index (χ0n) is 12.0. The highest BCUT2D eigenvalue weighted by Crippen LogP contribution is 2.40. The molecule has 1 aliphatic carbocycles. The lowest BCUT2D eigenvalue weighted by molar-refractivity contribution is 0.201. The Bertz CT molecular complexity index is 386. The predicted octanol–water partition coefficient (Wildman–Crippen LogP) is 2.17. The number of benzene rings is 1. The number of hydrogen-bond donors (Lipinski definition) is 3. The molecule has 19 heavy (non-hydrogen) atoms. The summed E-state index contributed by atoms with van der Waals surface area (Å²) in [7, 11) is 0. The molecule has 3 atom stereocenters. The molecule has 3 heteroatoms. The lowest BCUT2D eigenvalue weighted by atomic mass is 9.99. The van der Waals surface area contributed by atoms with Crippen molar-refractivity contribution in [3.8, 4) is 0 Å². The average molecular weight is 262 g/mol. The van der Waals surface area contributed by atoms with Crippen LogP contribution in [-0.2, 0) is 0 Å². The van der Waals surface area contributed by atoms with E-state index in [0.29, 0.717) is 6.54 Å². The quantitative estimate of drug-likeness (QED) is 0.706. The normalized spacial score (nSPS) is 20.0. The Hall–Kier alpha value is -0.900. The summed E-state index contributed by atoms with van der Waals surface area (Å²) in [6.45, 7) is 4.92. The van der Waals surface area contributed by atoms with E-state index in [1.54, 1.807) is 0 Å². The Labute approximate surface area is 116 Å². The molecule has 0 bridgehead atoms. The average Bonchev–Trinajstić information content (AvgIpc) is 3.28. The van der Waals surface area contributed by atoms with Crippen LogP contribution in [0.1, 0.15) is 49.8 Å². The van der Waals surface area contributed by atoms with Crippen LogP contribution in [0.25, 0.3) is 0 Å². The van der Waals surface area contributed by atoms with Gasteiger partial charge in [0.05, 0.1) is 0 Å². The van der Waals surface area contributed by atoms with Gasteiger partial charge in [-0.1, -0.05) is 31.2 Å². The predicted molar refractivity (Wildman–Crippen MR) is 79.1 cm³/mol. The fourth-order valence-corrected chi connectivity index (χ4v) is 2.36. The van der Waals surface area contributed by atoms with Gasteiger partial charge in [0.2, 0.25) is 0 Å². The first-order valence-electron chi connectivity index (χ1n) is 7.32. The molecule has 1 saturated carbocycles. The monoisotopic (exact) mass is 262 g/mol. The lowest BCUT2D eigenvalue weighted by Gasteiger charge is -2.26. The van der Waals surface area contributed by atoms with E-state index in [2.05, 4.69) is 36.5 Å². The van der Waals surface area contributed by atoms with E-state index < -0.39 is 0 Å². The molecule has 3 unspecified atom stereocenters. The van der Waals surface area contributed by atoms with Gasteiger partial charge < -0.3 is 16.2 Å². The highest BCUT2D eigenvalue weighted by atomic mass is 16.3. The van der Waals surface area contributed by atoms with Crippen LogP contribution in [0.5, 0.6) is 0 Å². The fourth-order valence-electron chi connectivity index (χ4n) is 2.36. The number of rotatable bonds is 7. The van der Waals surface area contributed by atoms with E-state index >= 15 is 0 Å². The summed E-state index contributed by atoms with van der Waals surface area (Å²) in [5.74, 6) is 1.03. The Morgan fingerprint density at radius 1 is 1.26 bits per heavy atom. The zero-order chi connectivity index (χ0) is 13.8. The minimum atomic E-state index is 0.164. The molecule has 1 aromatic carbocycles. The molecule has 0 heterocycles. The molecule has 4 N–H and O–H groups in total. The van der Waals surface area contributed by atoms with Crippen molar-refractivity contribution < 1.29 is 5.11 Å². The molecule has 0 spiro atoms. The maximum atomic E-state index is 9.19. The van der Waals surface area contributed by atoms with Gasteiger partial charge in [-0.05, 0) is 42.7 Å². The van der Waals surface area contributed by atoms with Crippen LogP contribution in [0.2, 0.25) is 0 Å². The molecule has 0 aliphatic heterocycles. The van der Waals surface area contributed by atoms with Crippen LogP contribution in [-0.4, -0.2) is 24.3 Å². The number of hydrogen-bond acceptors (Lipinski definition) is 3. The highest BCUT2D eigenvalue weighted by Gasteiger charge is 2.23. The van der Waals surface area contributed by atoms with Gasteiger partial charge in [-0.3, -0.25) is 0 Å². The summed E-state index contributed by atoms with van der Waals surface area (Å²) in [4.78, 5) is 0. The third-order valence-corrected chi connectivity index (χ3v) is 4.23. The maximum absolute atomic E-state index is 9.19. The number of aliphatic hydroxyl groups is 1. The Kier molecular flexibility index (Phi) is 4.97. The van der Waals surface area contributed by atoms with Crippen LogP contribution >= 0.6 is 0 Å². The Morgan fingerprint density at radius 2 is 1.89 bits per heavy atom. The van der Waals surface area contributed by atoms with Gasteiger partial charge in [0.1, 0.15) is 0 Å². The van der Waals surface area contributed by atoms with Crippen LogP contribution in [0.3, 0.4) is 0 Å². The first-order chi connectivity index (χ1) is 9.15. The molecular weight excluding hydrogens is 236 g/mol. The van der Waals surface area contributed by atoms with Crippen molar-refractivity contribution in [1.82, 2.24) is 5.32 Å². The molecule has 0 radical (unpaired) electrons. The van der Waals surface area contributed by atoms with E-state index in [-0.39, 0.29) is 24.6 Å². The van der Waals surface area contributed by atoms with E-state index in [0.717, 1.165) is 5.92 Å². The summed E-state index contributed by atoms with van der Waals surface area (Å²) in [6.07, 6.45) is 2.67. The number of nitrogens with two attached hydrogens (primary N) is 1. The minimum Gasteiger partial charge on any atom is -0.396 e. The standard InChI is InChI=1S/C16H26N2O/c1-11(10-19)12(2)18-16(9-17)15-7-5-14(6-8-15)13-3-4-13/h5-8,11-13,16,18-19H,3-4,9-10,17H2,1-2H3. The van der Waals surface area contributed by atoms with E-state index in [9.17, 15) is 5.11 Å². The van der Waals surface area contributed by atoms with Crippen LogP contribution in [0.15, 0.2) is 24.3 Å². The molecule has 0 aromatic heterocycles. The molecule has 1 fully saturated rings. The third-order valence-electron chi connectivity index (χ3n) is 4.23. The number of aliphatic hydroxyl groups excluding tert-OH is 1. The highest BCUT2D eigenvalue weighted by molar-refractivity contribution is 5.29. The fraction of sp³-hybridized carbons (Fsp3) is 0.625. The van der Waals surface area contributed by atoms with Crippen molar-refractivity contribution in [1.29, 1.82) is 0 Å². The molecule has 2 rings (SSSR count). The van der Waals surface area contributed by atoms with Crippen molar-refractivity contribution in [2.24, 2.45) is 11.7 Å². The summed E-state index contributed by atoms with van der Waals surface area (Å²) in [6, 6.07) is 9.26. The molecule has 0 amide bonds. The molecular formula is C16H26N2O. The third kappa shape index (κ3) is 3.78. The van der Waals surface area contributed by atoms with Crippen LogP contribution in [0.4, 0.5) is 0 Å². The summed E-state index contributed by atoms with van der Waals surface area (Å²) in [5, 5.41) is 12.7. The van der Waals surface area contributed by atoms with Gasteiger partial charge in [0.25, 0.3) is 0 Å². The summed E-state index contributed by atoms with van der Waals surface area (Å²) >= 11 is 0. The molecule has 106 valence electrons. The van der Waals surface area contributed by atoms with Crippen molar-refractivity contribution in [3.63, 3.8) is 0 Å². The Balaban J connectivity index is 1.99. The van der Waals surface area contributed by atoms with Gasteiger partial charge in [-0.2, -0.15) is 0 Å². The van der Waals surface area contributed by atoms with Crippen molar-refractivity contribution >= 4 is 0 Å². The van der Waals surface area contributed by atoms with Crippen molar-refractivity contribution in [2.45, 2.75) is 44.7 Å². The number of nitrogens with one attached hydrogen (secondary N) is 1. The van der Waals surface area contributed by atoms with Gasteiger partial charge >= 0.3 is 0 Å². The van der Waals surface area contributed by atoms with E-state index in [1.807, 2.05) is 6.92 Å². The topological polar surface area (TPSA) is 58.3 Å². The second-order valence-electron chi connectivity index (χ2n) is 5.84. The molecule has 1 aliphatic rings. The van der Waals surface area contributed by atoms with Crippen molar-refractivity contribution in [3.05, 3.63) is 35.4 Å². The first-order valence-corrected chi connectivity index (χ1v) is 7.32.